The second-order valence-electron chi connectivity index (χ2n) is 6.01. The van der Waals surface area contributed by atoms with Crippen molar-refractivity contribution < 1.29 is 4.79 Å². The average Bonchev–Trinajstić information content (AvgIpc) is 2.90. The highest BCUT2D eigenvalue weighted by Gasteiger charge is 2.38. The van der Waals surface area contributed by atoms with E-state index >= 15 is 0 Å². The predicted molar refractivity (Wildman–Crippen MR) is 100 cm³/mol. The molecular formula is C20H16ClN3O. The standard InChI is InChI=1S/C20H16ClN3O/c1-13-6-11-18(22-12-13)24-19(23-15-9-7-14(21)8-10-15)16-4-2-3-5-17(16)20(24)25/h2-12,19,23H,1H3. The van der Waals surface area contributed by atoms with Gasteiger partial charge in [-0.1, -0.05) is 35.9 Å². The van der Waals surface area contributed by atoms with Crippen LogP contribution < -0.4 is 10.2 Å². The number of benzene rings is 2. The third-order valence-electron chi connectivity index (χ3n) is 4.25. The van der Waals surface area contributed by atoms with Crippen molar-refractivity contribution in [2.75, 3.05) is 10.2 Å². The second-order valence-corrected chi connectivity index (χ2v) is 6.45. The van der Waals surface area contributed by atoms with Crippen LogP contribution in [0.2, 0.25) is 5.02 Å². The molecule has 1 aliphatic rings. The van der Waals surface area contributed by atoms with Gasteiger partial charge in [0.15, 0.2) is 0 Å². The molecule has 0 spiro atoms. The fourth-order valence-electron chi connectivity index (χ4n) is 3.00. The van der Waals surface area contributed by atoms with Gasteiger partial charge in [-0.3, -0.25) is 9.69 Å². The number of nitrogens with one attached hydrogen (secondary N) is 1. The first-order valence-electron chi connectivity index (χ1n) is 8.01. The van der Waals surface area contributed by atoms with Gasteiger partial charge in [0, 0.05) is 28.0 Å². The second kappa shape index (κ2) is 6.22. The van der Waals surface area contributed by atoms with Gasteiger partial charge in [0.25, 0.3) is 5.91 Å². The Bertz CT molecular complexity index is 922. The molecule has 1 amide bonds. The van der Waals surface area contributed by atoms with Crippen molar-refractivity contribution in [2.45, 2.75) is 13.1 Å². The van der Waals surface area contributed by atoms with E-state index in [4.69, 9.17) is 11.6 Å². The zero-order valence-corrected chi connectivity index (χ0v) is 14.4. The average molecular weight is 350 g/mol. The van der Waals surface area contributed by atoms with Gasteiger partial charge < -0.3 is 5.32 Å². The van der Waals surface area contributed by atoms with E-state index in [1.54, 1.807) is 11.1 Å². The summed E-state index contributed by atoms with van der Waals surface area (Å²) in [6, 6.07) is 18.9. The molecule has 0 aliphatic carbocycles. The van der Waals surface area contributed by atoms with Crippen LogP contribution in [0.1, 0.15) is 27.7 Å². The summed E-state index contributed by atoms with van der Waals surface area (Å²) in [5, 5.41) is 4.10. The highest BCUT2D eigenvalue weighted by molar-refractivity contribution is 6.30. The van der Waals surface area contributed by atoms with Gasteiger partial charge in [-0.25, -0.2) is 4.98 Å². The number of fused-ring (bicyclic) bond motifs is 1. The highest BCUT2D eigenvalue weighted by Crippen LogP contribution is 2.37. The van der Waals surface area contributed by atoms with E-state index < -0.39 is 0 Å². The summed E-state index contributed by atoms with van der Waals surface area (Å²) in [6.45, 7) is 1.97. The van der Waals surface area contributed by atoms with Gasteiger partial charge in [-0.05, 0) is 48.9 Å². The molecule has 1 N–H and O–H groups in total. The summed E-state index contributed by atoms with van der Waals surface area (Å²) >= 11 is 5.97. The van der Waals surface area contributed by atoms with Crippen molar-refractivity contribution in [1.29, 1.82) is 0 Å². The molecule has 4 nitrogen and oxygen atoms in total. The van der Waals surface area contributed by atoms with Crippen molar-refractivity contribution in [3.63, 3.8) is 0 Å². The number of hydrogen-bond acceptors (Lipinski definition) is 3. The lowest BCUT2D eigenvalue weighted by Crippen LogP contribution is -2.32. The van der Waals surface area contributed by atoms with Crippen molar-refractivity contribution in [3.8, 4) is 0 Å². The smallest absolute Gasteiger partial charge is 0.261 e. The summed E-state index contributed by atoms with van der Waals surface area (Å²) in [5.41, 5.74) is 3.56. The topological polar surface area (TPSA) is 45.2 Å². The minimum atomic E-state index is -0.319. The molecule has 1 unspecified atom stereocenters. The number of hydrogen-bond donors (Lipinski definition) is 1. The molecule has 0 saturated carbocycles. The number of rotatable bonds is 3. The third kappa shape index (κ3) is 2.85. The molecule has 1 aliphatic heterocycles. The number of carbonyl (C=O) groups is 1. The van der Waals surface area contributed by atoms with E-state index in [9.17, 15) is 4.79 Å². The summed E-state index contributed by atoms with van der Waals surface area (Å²) in [7, 11) is 0. The Morgan fingerprint density at radius 2 is 1.80 bits per heavy atom. The first-order chi connectivity index (χ1) is 12.1. The van der Waals surface area contributed by atoms with Crippen LogP contribution in [-0.4, -0.2) is 10.9 Å². The van der Waals surface area contributed by atoms with E-state index in [0.717, 1.165) is 16.8 Å². The number of pyridine rings is 1. The van der Waals surface area contributed by atoms with E-state index in [-0.39, 0.29) is 12.1 Å². The van der Waals surface area contributed by atoms with Crippen molar-refractivity contribution in [1.82, 2.24) is 4.98 Å². The molecule has 2 heterocycles. The summed E-state index contributed by atoms with van der Waals surface area (Å²) < 4.78 is 0. The minimum Gasteiger partial charge on any atom is -0.361 e. The fraction of sp³-hybridized carbons (Fsp3) is 0.100. The van der Waals surface area contributed by atoms with E-state index in [2.05, 4.69) is 10.3 Å². The highest BCUT2D eigenvalue weighted by atomic mass is 35.5. The zero-order chi connectivity index (χ0) is 17.4. The third-order valence-corrected chi connectivity index (χ3v) is 4.50. The van der Waals surface area contributed by atoms with Crippen LogP contribution in [0, 0.1) is 6.92 Å². The van der Waals surface area contributed by atoms with Crippen LogP contribution in [0.4, 0.5) is 11.5 Å². The van der Waals surface area contributed by atoms with Crippen LogP contribution in [0.25, 0.3) is 0 Å². The molecule has 0 fully saturated rings. The van der Waals surface area contributed by atoms with Gasteiger partial charge >= 0.3 is 0 Å². The minimum absolute atomic E-state index is 0.0570. The lowest BCUT2D eigenvalue weighted by molar-refractivity contribution is 0.0992. The molecule has 124 valence electrons. The van der Waals surface area contributed by atoms with Crippen LogP contribution >= 0.6 is 11.6 Å². The molecule has 25 heavy (non-hydrogen) atoms. The van der Waals surface area contributed by atoms with Gasteiger partial charge in [0.2, 0.25) is 0 Å². The molecule has 1 aromatic heterocycles. The number of anilines is 2. The molecule has 0 bridgehead atoms. The van der Waals surface area contributed by atoms with Gasteiger partial charge in [0.1, 0.15) is 12.0 Å². The monoisotopic (exact) mass is 349 g/mol. The molecule has 0 saturated heterocycles. The lowest BCUT2D eigenvalue weighted by Gasteiger charge is -2.26. The quantitative estimate of drug-likeness (QED) is 0.737. The van der Waals surface area contributed by atoms with Gasteiger partial charge in [-0.2, -0.15) is 0 Å². The SMILES string of the molecule is Cc1ccc(N2C(=O)c3ccccc3C2Nc2ccc(Cl)cc2)nc1. The summed E-state index contributed by atoms with van der Waals surface area (Å²) in [4.78, 5) is 19.1. The molecular weight excluding hydrogens is 334 g/mol. The number of carbonyl (C=O) groups excluding carboxylic acids is 1. The molecule has 4 rings (SSSR count). The maximum absolute atomic E-state index is 13.0. The Labute approximate surface area is 151 Å². The Balaban J connectivity index is 1.77. The lowest BCUT2D eigenvalue weighted by atomic mass is 10.1. The molecule has 3 aromatic rings. The first-order valence-corrected chi connectivity index (χ1v) is 8.38. The molecule has 2 aromatic carbocycles. The largest absolute Gasteiger partial charge is 0.361 e. The first kappa shape index (κ1) is 15.7. The van der Waals surface area contributed by atoms with E-state index in [1.807, 2.05) is 67.6 Å². The predicted octanol–water partition coefficient (Wildman–Crippen LogP) is 4.81. The van der Waals surface area contributed by atoms with Crippen molar-refractivity contribution in [3.05, 3.63) is 88.6 Å². The Morgan fingerprint density at radius 1 is 1.04 bits per heavy atom. The number of nitrogens with zero attached hydrogens (tertiary/aromatic N) is 2. The molecule has 0 radical (unpaired) electrons. The van der Waals surface area contributed by atoms with Crippen LogP contribution in [0.15, 0.2) is 66.9 Å². The number of aryl methyl sites for hydroxylation is 1. The van der Waals surface area contributed by atoms with Crippen molar-refractivity contribution in [2.24, 2.45) is 0 Å². The maximum Gasteiger partial charge on any atom is 0.261 e. The normalized spacial score (nSPS) is 16.0. The Morgan fingerprint density at radius 3 is 2.52 bits per heavy atom. The zero-order valence-electron chi connectivity index (χ0n) is 13.6. The van der Waals surface area contributed by atoms with Gasteiger partial charge in [0.05, 0.1) is 0 Å². The number of halogens is 1. The maximum atomic E-state index is 13.0. The van der Waals surface area contributed by atoms with Crippen molar-refractivity contribution >= 4 is 29.0 Å². The number of amides is 1. The Kier molecular flexibility index (Phi) is 3.90. The van der Waals surface area contributed by atoms with Crippen LogP contribution in [-0.2, 0) is 0 Å². The van der Waals surface area contributed by atoms with E-state index in [0.29, 0.717) is 16.4 Å². The van der Waals surface area contributed by atoms with E-state index in [1.165, 1.54) is 0 Å². The fourth-order valence-corrected chi connectivity index (χ4v) is 3.13. The molecule has 5 heteroatoms. The summed E-state index contributed by atoms with van der Waals surface area (Å²) in [6.07, 6.45) is 1.45. The summed E-state index contributed by atoms with van der Waals surface area (Å²) in [5.74, 6) is 0.566. The van der Waals surface area contributed by atoms with Crippen LogP contribution in [0.3, 0.4) is 0 Å². The number of aromatic nitrogens is 1. The molecule has 1 atom stereocenters. The van der Waals surface area contributed by atoms with Crippen LogP contribution in [0.5, 0.6) is 0 Å². The van der Waals surface area contributed by atoms with Gasteiger partial charge in [-0.15, -0.1) is 0 Å². The Hall–Kier alpha value is -2.85.